The molecule has 1 aromatic rings. The minimum Gasteiger partial charge on any atom is -0.383 e. The van der Waals surface area contributed by atoms with Gasteiger partial charge in [0.2, 0.25) is 0 Å². The van der Waals surface area contributed by atoms with Gasteiger partial charge in [0.1, 0.15) is 16.8 Å². The molecule has 13 heavy (non-hydrogen) atoms. The predicted octanol–water partition coefficient (Wildman–Crippen LogP) is 0.206. The first kappa shape index (κ1) is 10.4. The second-order valence-electron chi connectivity index (χ2n) is 2.41. The van der Waals surface area contributed by atoms with Crippen LogP contribution in [0.3, 0.4) is 0 Å². The van der Waals surface area contributed by atoms with E-state index in [0.29, 0.717) is 12.4 Å². The van der Waals surface area contributed by atoms with Gasteiger partial charge in [0.05, 0.1) is 0 Å². The lowest BCUT2D eigenvalue weighted by Crippen LogP contribution is -2.13. The second kappa shape index (κ2) is 4.50. The topological polar surface area (TPSA) is 81.5 Å². The first-order valence-corrected chi connectivity index (χ1v) is 5.98. The number of amidine groups is 1. The van der Waals surface area contributed by atoms with Crippen molar-refractivity contribution in [1.29, 1.82) is 0 Å². The highest BCUT2D eigenvalue weighted by Gasteiger charge is 2.02. The van der Waals surface area contributed by atoms with E-state index in [1.165, 1.54) is 17.6 Å². The lowest BCUT2D eigenvalue weighted by molar-refractivity contribution is 0.688. The molecule has 1 unspecified atom stereocenters. The zero-order valence-corrected chi connectivity index (χ0v) is 8.82. The molecule has 0 aromatic carbocycles. The van der Waals surface area contributed by atoms with E-state index < -0.39 is 11.0 Å². The smallest absolute Gasteiger partial charge is 0.142 e. The molecule has 72 valence electrons. The number of thiophene rings is 1. The monoisotopic (exact) mass is 217 g/mol. The molecular weight excluding hydrogens is 206 g/mol. The maximum Gasteiger partial charge on any atom is 0.142 e. The third kappa shape index (κ3) is 2.91. The Bertz CT molecular complexity index is 345. The minimum absolute atomic E-state index is 0.303. The van der Waals surface area contributed by atoms with E-state index in [0.717, 1.165) is 10.4 Å². The molecule has 0 spiro atoms. The highest BCUT2D eigenvalue weighted by Crippen LogP contribution is 2.13. The Morgan fingerprint density at radius 3 is 2.92 bits per heavy atom. The molecule has 4 N–H and O–H groups in total. The van der Waals surface area contributed by atoms with Gasteiger partial charge in [-0.1, -0.05) is 0 Å². The SMILES string of the molecule is CS(=O)/N=C(\N)c1csc(CN)c1. The maximum absolute atomic E-state index is 10.7. The van der Waals surface area contributed by atoms with Crippen molar-refractivity contribution in [2.75, 3.05) is 6.26 Å². The molecular formula is C7H11N3OS2. The maximum atomic E-state index is 10.7. The van der Waals surface area contributed by atoms with E-state index in [1.54, 1.807) is 0 Å². The van der Waals surface area contributed by atoms with Crippen LogP contribution in [0.1, 0.15) is 10.4 Å². The fraction of sp³-hybridized carbons (Fsp3) is 0.286. The molecule has 0 bridgehead atoms. The summed E-state index contributed by atoms with van der Waals surface area (Å²) in [6.07, 6.45) is 1.48. The van der Waals surface area contributed by atoms with Crippen molar-refractivity contribution in [3.05, 3.63) is 21.9 Å². The number of hydrogen-bond donors (Lipinski definition) is 2. The van der Waals surface area contributed by atoms with E-state index in [4.69, 9.17) is 11.5 Å². The Kier molecular flexibility index (Phi) is 3.58. The molecule has 0 aliphatic rings. The summed E-state index contributed by atoms with van der Waals surface area (Å²) in [5.74, 6) is 0.303. The van der Waals surface area contributed by atoms with E-state index in [-0.39, 0.29) is 0 Å². The molecule has 0 saturated carbocycles. The summed E-state index contributed by atoms with van der Waals surface area (Å²) in [7, 11) is -1.25. The van der Waals surface area contributed by atoms with Crippen molar-refractivity contribution in [3.8, 4) is 0 Å². The van der Waals surface area contributed by atoms with Crippen molar-refractivity contribution >= 4 is 28.2 Å². The third-order valence-electron chi connectivity index (χ3n) is 1.38. The summed E-state index contributed by atoms with van der Waals surface area (Å²) in [5.41, 5.74) is 11.8. The normalized spacial score (nSPS) is 14.5. The van der Waals surface area contributed by atoms with Gasteiger partial charge in [-0.15, -0.1) is 11.3 Å². The lowest BCUT2D eigenvalue weighted by atomic mass is 10.3. The first-order chi connectivity index (χ1) is 6.13. The van der Waals surface area contributed by atoms with Gasteiger partial charge in [0.15, 0.2) is 0 Å². The van der Waals surface area contributed by atoms with Crippen LogP contribution >= 0.6 is 11.3 Å². The van der Waals surface area contributed by atoms with Gasteiger partial charge in [-0.3, -0.25) is 0 Å². The Hall–Kier alpha value is -0.720. The lowest BCUT2D eigenvalue weighted by Gasteiger charge is -1.93. The molecule has 6 heteroatoms. The van der Waals surface area contributed by atoms with Crippen LogP contribution < -0.4 is 11.5 Å². The Morgan fingerprint density at radius 2 is 2.46 bits per heavy atom. The molecule has 1 aromatic heterocycles. The van der Waals surface area contributed by atoms with Gasteiger partial charge in [0.25, 0.3) is 0 Å². The summed E-state index contributed by atoms with van der Waals surface area (Å²) in [4.78, 5) is 1.04. The van der Waals surface area contributed by atoms with Crippen LogP contribution in [0.4, 0.5) is 0 Å². The molecule has 0 aliphatic carbocycles. The summed E-state index contributed by atoms with van der Waals surface area (Å²) < 4.78 is 14.5. The molecule has 0 aliphatic heterocycles. The average Bonchev–Trinajstić information content (AvgIpc) is 2.50. The van der Waals surface area contributed by atoms with Crippen molar-refractivity contribution in [3.63, 3.8) is 0 Å². The summed E-state index contributed by atoms with van der Waals surface area (Å²) in [5, 5.41) is 1.86. The number of nitrogens with zero attached hydrogens (tertiary/aromatic N) is 1. The Balaban J connectivity index is 2.88. The zero-order valence-electron chi connectivity index (χ0n) is 7.19. The number of rotatable bonds is 3. The summed E-state index contributed by atoms with van der Waals surface area (Å²) >= 11 is 1.52. The second-order valence-corrected chi connectivity index (χ2v) is 4.43. The van der Waals surface area contributed by atoms with Crippen LogP contribution in [0, 0.1) is 0 Å². The highest BCUT2D eigenvalue weighted by atomic mass is 32.2. The molecule has 0 radical (unpaired) electrons. The minimum atomic E-state index is -1.25. The fourth-order valence-electron chi connectivity index (χ4n) is 0.813. The number of hydrogen-bond acceptors (Lipinski definition) is 3. The van der Waals surface area contributed by atoms with Crippen molar-refractivity contribution in [1.82, 2.24) is 0 Å². The molecule has 4 nitrogen and oxygen atoms in total. The molecule has 1 atom stereocenters. The zero-order chi connectivity index (χ0) is 9.84. The van der Waals surface area contributed by atoms with Crippen LogP contribution in [0.2, 0.25) is 0 Å². The van der Waals surface area contributed by atoms with Gasteiger partial charge >= 0.3 is 0 Å². The Labute approximate surface area is 83.3 Å². The summed E-state index contributed by atoms with van der Waals surface area (Å²) in [6.45, 7) is 0.493. The third-order valence-corrected chi connectivity index (χ3v) is 2.79. The van der Waals surface area contributed by atoms with Crippen molar-refractivity contribution < 1.29 is 4.21 Å². The fourth-order valence-corrected chi connectivity index (χ4v) is 1.95. The van der Waals surface area contributed by atoms with E-state index in [9.17, 15) is 4.21 Å². The first-order valence-electron chi connectivity index (χ1n) is 3.59. The highest BCUT2D eigenvalue weighted by molar-refractivity contribution is 7.83. The van der Waals surface area contributed by atoms with Gasteiger partial charge in [0, 0.05) is 28.6 Å². The quantitative estimate of drug-likeness (QED) is 0.561. The standard InChI is InChI=1S/C7H11N3OS2/c1-13(11)10-7(9)5-2-6(3-8)12-4-5/h2,4H,3,8H2,1H3,(H2,9,10). The number of nitrogens with two attached hydrogens (primary N) is 2. The van der Waals surface area contributed by atoms with Crippen LogP contribution in [0.5, 0.6) is 0 Å². The van der Waals surface area contributed by atoms with Gasteiger partial charge in [-0.05, 0) is 6.07 Å². The van der Waals surface area contributed by atoms with Gasteiger partial charge < -0.3 is 11.5 Å². The Morgan fingerprint density at radius 1 is 1.77 bits per heavy atom. The van der Waals surface area contributed by atoms with Crippen LogP contribution in [0.15, 0.2) is 15.8 Å². The molecule has 0 fully saturated rings. The van der Waals surface area contributed by atoms with Crippen LogP contribution in [-0.2, 0) is 17.5 Å². The van der Waals surface area contributed by atoms with E-state index in [2.05, 4.69) is 4.40 Å². The van der Waals surface area contributed by atoms with Crippen LogP contribution in [0.25, 0.3) is 0 Å². The molecule has 1 rings (SSSR count). The van der Waals surface area contributed by atoms with Crippen molar-refractivity contribution in [2.45, 2.75) is 6.54 Å². The van der Waals surface area contributed by atoms with E-state index >= 15 is 0 Å². The average molecular weight is 217 g/mol. The summed E-state index contributed by atoms with van der Waals surface area (Å²) in [6, 6.07) is 1.86. The van der Waals surface area contributed by atoms with Crippen molar-refractivity contribution in [2.24, 2.45) is 15.9 Å². The molecule has 1 heterocycles. The molecule has 0 saturated heterocycles. The van der Waals surface area contributed by atoms with Crippen LogP contribution in [-0.4, -0.2) is 16.3 Å². The van der Waals surface area contributed by atoms with Gasteiger partial charge in [-0.2, -0.15) is 4.40 Å². The predicted molar refractivity (Wildman–Crippen MR) is 57.0 cm³/mol. The largest absolute Gasteiger partial charge is 0.383 e. The van der Waals surface area contributed by atoms with E-state index in [1.807, 2.05) is 11.4 Å². The molecule has 0 amide bonds. The van der Waals surface area contributed by atoms with Gasteiger partial charge in [-0.25, -0.2) is 4.21 Å².